The summed E-state index contributed by atoms with van der Waals surface area (Å²) in [5.74, 6) is -1.32. The molecule has 3 rings (SSSR count). The molecule has 0 heterocycles. The Morgan fingerprint density at radius 3 is 2.00 bits per heavy atom. The zero-order chi connectivity index (χ0) is 24.3. The van der Waals surface area contributed by atoms with Crippen molar-refractivity contribution in [1.29, 1.82) is 0 Å². The van der Waals surface area contributed by atoms with Gasteiger partial charge in [-0.05, 0) is 29.8 Å². The van der Waals surface area contributed by atoms with Gasteiger partial charge in [-0.25, -0.2) is 4.79 Å². The van der Waals surface area contributed by atoms with Crippen molar-refractivity contribution >= 4 is 34.7 Å². The third-order valence-electron chi connectivity index (χ3n) is 4.75. The van der Waals surface area contributed by atoms with Crippen LogP contribution in [0.1, 0.15) is 26.3 Å². The predicted molar refractivity (Wildman–Crippen MR) is 129 cm³/mol. The largest absolute Gasteiger partial charge is 0.467 e. The molecule has 1 N–H and O–H groups in total. The van der Waals surface area contributed by atoms with Crippen molar-refractivity contribution in [2.24, 2.45) is 0 Å². The Hall–Kier alpha value is -3.91. The lowest BCUT2D eigenvalue weighted by Crippen LogP contribution is -2.43. The van der Waals surface area contributed by atoms with Gasteiger partial charge in [-0.1, -0.05) is 72.4 Å². The summed E-state index contributed by atoms with van der Waals surface area (Å²) >= 11 is 0.873. The third-order valence-corrected chi connectivity index (χ3v) is 5.63. The highest BCUT2D eigenvalue weighted by molar-refractivity contribution is 8.14. The van der Waals surface area contributed by atoms with Gasteiger partial charge in [0.25, 0.3) is 5.91 Å². The van der Waals surface area contributed by atoms with Crippen LogP contribution in [0.2, 0.25) is 0 Å². The average molecular weight is 478 g/mol. The molecule has 0 aromatic heterocycles. The lowest BCUT2D eigenvalue weighted by atomic mass is 10.1. The predicted octanol–water partition coefficient (Wildman–Crippen LogP) is 3.68. The highest BCUT2D eigenvalue weighted by Crippen LogP contribution is 2.17. The summed E-state index contributed by atoms with van der Waals surface area (Å²) in [5, 5.41) is 2.48. The van der Waals surface area contributed by atoms with Crippen LogP contribution in [0.5, 0.6) is 5.75 Å². The number of carbonyl (C=O) groups is 4. The normalized spacial score (nSPS) is 11.2. The van der Waals surface area contributed by atoms with Gasteiger partial charge in [0.2, 0.25) is 5.12 Å². The van der Waals surface area contributed by atoms with Crippen LogP contribution in [-0.4, -0.2) is 41.9 Å². The van der Waals surface area contributed by atoms with Crippen LogP contribution in [0.25, 0.3) is 0 Å². The summed E-state index contributed by atoms with van der Waals surface area (Å²) in [5.41, 5.74) is 1.68. The van der Waals surface area contributed by atoms with Gasteiger partial charge < -0.3 is 14.8 Å². The number of hydrogen-bond acceptors (Lipinski definition) is 7. The van der Waals surface area contributed by atoms with Crippen LogP contribution in [0.3, 0.4) is 0 Å². The topological polar surface area (TPSA) is 98.8 Å². The maximum absolute atomic E-state index is 12.4. The molecule has 3 aromatic rings. The minimum Gasteiger partial charge on any atom is -0.467 e. The van der Waals surface area contributed by atoms with E-state index < -0.39 is 18.0 Å². The Balaban J connectivity index is 1.54. The number of esters is 2. The van der Waals surface area contributed by atoms with Gasteiger partial charge in [0, 0.05) is 17.5 Å². The number of thioether (sulfide) groups is 1. The van der Waals surface area contributed by atoms with Crippen molar-refractivity contribution in [2.75, 3.05) is 12.9 Å². The van der Waals surface area contributed by atoms with E-state index in [2.05, 4.69) is 5.32 Å². The molecule has 3 aromatic carbocycles. The Morgan fingerprint density at radius 2 is 1.41 bits per heavy atom. The number of benzene rings is 3. The summed E-state index contributed by atoms with van der Waals surface area (Å²) in [6.45, 7) is 0. The highest BCUT2D eigenvalue weighted by atomic mass is 32.2. The van der Waals surface area contributed by atoms with Crippen LogP contribution in [0.4, 0.5) is 0 Å². The molecule has 0 bridgehead atoms. The van der Waals surface area contributed by atoms with E-state index in [0.717, 1.165) is 17.3 Å². The van der Waals surface area contributed by atoms with Gasteiger partial charge in [-0.2, -0.15) is 0 Å². The molecule has 34 heavy (non-hydrogen) atoms. The molecule has 1 amide bonds. The Kier molecular flexibility index (Phi) is 8.99. The molecular weight excluding hydrogens is 454 g/mol. The maximum atomic E-state index is 12.4. The molecule has 0 aliphatic rings. The number of rotatable bonds is 9. The van der Waals surface area contributed by atoms with Crippen LogP contribution in [-0.2, 0) is 20.7 Å². The van der Waals surface area contributed by atoms with E-state index in [0.29, 0.717) is 16.9 Å². The van der Waals surface area contributed by atoms with Crippen LogP contribution in [0, 0.1) is 0 Å². The lowest BCUT2D eigenvalue weighted by Gasteiger charge is -2.17. The van der Waals surface area contributed by atoms with Gasteiger partial charge >= 0.3 is 11.9 Å². The van der Waals surface area contributed by atoms with Crippen molar-refractivity contribution < 1.29 is 28.7 Å². The standard InChI is InChI=1S/C26H23NO6S/c1-32-25(30)22(27-24(29)19-8-4-2-5-9-19)16-18-12-14-21(15-13-18)33-23(28)17-34-26(31)20-10-6-3-7-11-20/h2-15,22H,16-17H2,1H3,(H,27,29)/t22-/m1/s1. The van der Waals surface area contributed by atoms with E-state index in [-0.39, 0.29) is 23.2 Å². The number of nitrogens with one attached hydrogen (secondary N) is 1. The van der Waals surface area contributed by atoms with Crippen molar-refractivity contribution in [2.45, 2.75) is 12.5 Å². The molecule has 0 unspecified atom stereocenters. The molecule has 174 valence electrons. The van der Waals surface area contributed by atoms with Crippen LogP contribution >= 0.6 is 11.8 Å². The third kappa shape index (κ3) is 7.31. The van der Waals surface area contributed by atoms with Gasteiger partial charge in [-0.3, -0.25) is 14.4 Å². The summed E-state index contributed by atoms with van der Waals surface area (Å²) in [6.07, 6.45) is 0.195. The fourth-order valence-electron chi connectivity index (χ4n) is 3.04. The first-order chi connectivity index (χ1) is 16.5. The van der Waals surface area contributed by atoms with Gasteiger partial charge in [0.15, 0.2) is 0 Å². The van der Waals surface area contributed by atoms with Gasteiger partial charge in [-0.15, -0.1) is 0 Å². The second kappa shape index (κ2) is 12.4. The molecule has 7 nitrogen and oxygen atoms in total. The second-order valence-corrected chi connectivity index (χ2v) is 8.13. The Labute approximate surface area is 201 Å². The first kappa shape index (κ1) is 24.7. The van der Waals surface area contributed by atoms with E-state index in [1.807, 2.05) is 6.07 Å². The Morgan fingerprint density at radius 1 is 0.824 bits per heavy atom. The molecule has 8 heteroatoms. The average Bonchev–Trinajstić information content (AvgIpc) is 2.88. The zero-order valence-corrected chi connectivity index (χ0v) is 19.2. The van der Waals surface area contributed by atoms with Crippen LogP contribution < -0.4 is 10.1 Å². The summed E-state index contributed by atoms with van der Waals surface area (Å²) in [4.78, 5) is 48.8. The monoisotopic (exact) mass is 477 g/mol. The summed E-state index contributed by atoms with van der Waals surface area (Å²) < 4.78 is 10.1. The Bertz CT molecular complexity index is 1130. The second-order valence-electron chi connectivity index (χ2n) is 7.18. The minimum atomic E-state index is -0.883. The maximum Gasteiger partial charge on any atom is 0.328 e. The van der Waals surface area contributed by atoms with E-state index in [1.165, 1.54) is 7.11 Å². The van der Waals surface area contributed by atoms with Gasteiger partial charge in [0.1, 0.15) is 11.8 Å². The SMILES string of the molecule is COC(=O)[C@@H](Cc1ccc(OC(=O)CSC(=O)c2ccccc2)cc1)NC(=O)c1ccccc1. The quantitative estimate of drug-likeness (QED) is 0.371. The number of carbonyl (C=O) groups excluding carboxylic acids is 4. The van der Waals surface area contributed by atoms with Crippen molar-refractivity contribution in [3.8, 4) is 5.75 Å². The lowest BCUT2D eigenvalue weighted by molar-refractivity contribution is -0.142. The zero-order valence-electron chi connectivity index (χ0n) is 18.4. The van der Waals surface area contributed by atoms with E-state index >= 15 is 0 Å². The molecule has 0 saturated carbocycles. The number of amides is 1. The summed E-state index contributed by atoms with van der Waals surface area (Å²) in [6, 6.07) is 22.9. The van der Waals surface area contributed by atoms with Crippen LogP contribution in [0.15, 0.2) is 84.9 Å². The molecule has 0 aliphatic carbocycles. The first-order valence-corrected chi connectivity index (χ1v) is 11.4. The van der Waals surface area contributed by atoms with Crippen molar-refractivity contribution in [1.82, 2.24) is 5.32 Å². The molecule has 0 spiro atoms. The van der Waals surface area contributed by atoms with Gasteiger partial charge in [0.05, 0.1) is 12.9 Å². The number of methoxy groups -OCH3 is 1. The first-order valence-electron chi connectivity index (χ1n) is 10.4. The molecule has 0 fully saturated rings. The van der Waals surface area contributed by atoms with Crippen molar-refractivity contribution in [3.63, 3.8) is 0 Å². The van der Waals surface area contributed by atoms with E-state index in [1.54, 1.807) is 78.9 Å². The molecule has 0 aliphatic heterocycles. The van der Waals surface area contributed by atoms with E-state index in [9.17, 15) is 19.2 Å². The van der Waals surface area contributed by atoms with Crippen molar-refractivity contribution in [3.05, 3.63) is 102 Å². The summed E-state index contributed by atoms with van der Waals surface area (Å²) in [7, 11) is 1.26. The molecular formula is C26H23NO6S. The molecule has 0 saturated heterocycles. The fourth-order valence-corrected chi connectivity index (χ4v) is 3.65. The fraction of sp³-hybridized carbons (Fsp3) is 0.154. The highest BCUT2D eigenvalue weighted by Gasteiger charge is 2.22. The molecule has 0 radical (unpaired) electrons. The minimum absolute atomic E-state index is 0.120. The molecule has 1 atom stereocenters. The number of hydrogen-bond donors (Lipinski definition) is 1. The smallest absolute Gasteiger partial charge is 0.328 e. The van der Waals surface area contributed by atoms with E-state index in [4.69, 9.17) is 9.47 Å². The number of ether oxygens (including phenoxy) is 2.